The Labute approximate surface area is 246 Å². The fourth-order valence-corrected chi connectivity index (χ4v) is 6.53. The monoisotopic (exact) mass is 575 g/mol. The molecule has 232 valence electrons. The number of ketones is 1. The number of rotatable bonds is 4. The molecule has 41 heavy (non-hydrogen) atoms. The summed E-state index contributed by atoms with van der Waals surface area (Å²) >= 11 is 0. The summed E-state index contributed by atoms with van der Waals surface area (Å²) in [5.74, 6) is -0.759. The van der Waals surface area contributed by atoms with Gasteiger partial charge in [0.15, 0.2) is 5.78 Å². The van der Waals surface area contributed by atoms with E-state index in [0.29, 0.717) is 38.6 Å². The second-order valence-corrected chi connectivity index (χ2v) is 12.9. The van der Waals surface area contributed by atoms with Crippen LogP contribution in [0.15, 0.2) is 23.8 Å². The standard InChI is InChI=1S/C33H53NO7/c1-6-25(35)20-29(36)33(5)21-24(4)28-18-17-26(40-28)14-11-13-23(3)31(38)22(2)12-7-8-16-30(37)34-19-10-9-15-27(34)32(39)41-33/h8,13,16,22,24-29,35-36H,6-7,9-12,14-15,17-21H2,1-5H3/b16-8-,23-13-/t22?,24?,25?,26?,27-,28?,29?,33?/m0/s1. The summed E-state index contributed by atoms with van der Waals surface area (Å²) in [5, 5.41) is 21.6. The third kappa shape index (κ3) is 9.23. The highest BCUT2D eigenvalue weighted by molar-refractivity contribution is 5.96. The summed E-state index contributed by atoms with van der Waals surface area (Å²) in [5.41, 5.74) is -0.470. The van der Waals surface area contributed by atoms with Crippen molar-refractivity contribution < 1.29 is 34.1 Å². The first kappa shape index (κ1) is 33.5. The summed E-state index contributed by atoms with van der Waals surface area (Å²) in [4.78, 5) is 41.3. The van der Waals surface area contributed by atoms with Gasteiger partial charge in [-0.1, -0.05) is 32.9 Å². The Hall–Kier alpha value is -2.03. The molecule has 0 radical (unpaired) electrons. The average Bonchev–Trinajstić information content (AvgIpc) is 3.43. The fourth-order valence-electron chi connectivity index (χ4n) is 6.53. The van der Waals surface area contributed by atoms with E-state index in [9.17, 15) is 24.6 Å². The minimum absolute atomic E-state index is 0.00735. The molecule has 3 heterocycles. The lowest BCUT2D eigenvalue weighted by Crippen LogP contribution is -2.53. The second-order valence-electron chi connectivity index (χ2n) is 12.9. The van der Waals surface area contributed by atoms with Gasteiger partial charge in [0.1, 0.15) is 11.6 Å². The van der Waals surface area contributed by atoms with E-state index in [0.717, 1.165) is 44.1 Å². The number of aliphatic hydroxyl groups excluding tert-OH is 2. The molecule has 7 unspecified atom stereocenters. The van der Waals surface area contributed by atoms with Gasteiger partial charge in [-0.25, -0.2) is 4.79 Å². The second kappa shape index (κ2) is 15.4. The zero-order valence-electron chi connectivity index (χ0n) is 25.8. The van der Waals surface area contributed by atoms with Crippen molar-refractivity contribution >= 4 is 17.7 Å². The minimum atomic E-state index is -1.24. The van der Waals surface area contributed by atoms with Gasteiger partial charge in [-0.15, -0.1) is 0 Å². The highest BCUT2D eigenvalue weighted by Crippen LogP contribution is 2.36. The number of fused-ring (bicyclic) bond motifs is 3. The number of hydrogen-bond donors (Lipinski definition) is 2. The van der Waals surface area contributed by atoms with E-state index in [2.05, 4.69) is 6.92 Å². The number of piperidine rings is 1. The van der Waals surface area contributed by atoms with Gasteiger partial charge < -0.3 is 24.6 Å². The molecule has 0 aromatic carbocycles. The SMILES string of the molecule is CCC(O)CC(O)C1(C)CC(C)C2CCC(CC/C=C(/C)C(=O)C(C)CC/C=C\C(=O)N3CCCC[C@H]3C(=O)O1)O2. The van der Waals surface area contributed by atoms with Crippen LogP contribution in [0.4, 0.5) is 0 Å². The quantitative estimate of drug-likeness (QED) is 0.451. The van der Waals surface area contributed by atoms with Crippen LogP contribution in [-0.4, -0.2) is 75.4 Å². The zero-order chi connectivity index (χ0) is 30.2. The van der Waals surface area contributed by atoms with Crippen LogP contribution in [0.5, 0.6) is 0 Å². The molecule has 0 aromatic heterocycles. The zero-order valence-corrected chi connectivity index (χ0v) is 25.8. The number of hydrogen-bond acceptors (Lipinski definition) is 7. The number of carbonyl (C=O) groups is 3. The molecule has 8 nitrogen and oxygen atoms in total. The molecule has 0 aliphatic carbocycles. The Bertz CT molecular complexity index is 961. The largest absolute Gasteiger partial charge is 0.455 e. The smallest absolute Gasteiger partial charge is 0.329 e. The Morgan fingerprint density at radius 1 is 1.05 bits per heavy atom. The van der Waals surface area contributed by atoms with Gasteiger partial charge in [-0.05, 0) is 102 Å². The van der Waals surface area contributed by atoms with Crippen molar-refractivity contribution in [1.29, 1.82) is 0 Å². The number of esters is 1. The highest BCUT2D eigenvalue weighted by Gasteiger charge is 2.44. The van der Waals surface area contributed by atoms with E-state index >= 15 is 0 Å². The van der Waals surface area contributed by atoms with Crippen LogP contribution in [-0.2, 0) is 23.9 Å². The molecular weight excluding hydrogens is 522 g/mol. The highest BCUT2D eigenvalue weighted by atomic mass is 16.6. The number of nitrogens with zero attached hydrogens (tertiary/aromatic N) is 1. The predicted octanol–water partition coefficient (Wildman–Crippen LogP) is 5.05. The Kier molecular flexibility index (Phi) is 12.6. The molecule has 1 amide bonds. The third-order valence-corrected chi connectivity index (χ3v) is 9.37. The maximum Gasteiger partial charge on any atom is 0.329 e. The number of amides is 1. The number of cyclic esters (lactones) is 1. The summed E-state index contributed by atoms with van der Waals surface area (Å²) in [6, 6.07) is -0.728. The van der Waals surface area contributed by atoms with Crippen LogP contribution in [0.3, 0.4) is 0 Å². The number of allylic oxidation sites excluding steroid dienone is 3. The first-order chi connectivity index (χ1) is 19.4. The lowest BCUT2D eigenvalue weighted by Gasteiger charge is -2.41. The van der Waals surface area contributed by atoms with Gasteiger partial charge in [0.05, 0.1) is 24.4 Å². The van der Waals surface area contributed by atoms with Crippen molar-refractivity contribution in [3.05, 3.63) is 23.8 Å². The van der Waals surface area contributed by atoms with Crippen molar-refractivity contribution in [2.75, 3.05) is 6.54 Å². The number of Topliss-reactive ketones (excluding diaryl/α,β-unsaturated/α-hetero) is 1. The molecular formula is C33H53NO7. The predicted molar refractivity (Wildman–Crippen MR) is 158 cm³/mol. The van der Waals surface area contributed by atoms with E-state index in [1.165, 1.54) is 6.08 Å². The number of carbonyl (C=O) groups excluding carboxylic acids is 3. The van der Waals surface area contributed by atoms with E-state index in [4.69, 9.17) is 9.47 Å². The molecule has 0 saturated carbocycles. The summed E-state index contributed by atoms with van der Waals surface area (Å²) in [7, 11) is 0. The van der Waals surface area contributed by atoms with Gasteiger partial charge in [0.2, 0.25) is 5.91 Å². The Morgan fingerprint density at radius 3 is 2.54 bits per heavy atom. The molecule has 2 saturated heterocycles. The van der Waals surface area contributed by atoms with Crippen molar-refractivity contribution in [1.82, 2.24) is 4.90 Å². The molecule has 0 aromatic rings. The molecule has 8 atom stereocenters. The van der Waals surface area contributed by atoms with Crippen LogP contribution in [0.2, 0.25) is 0 Å². The topological polar surface area (TPSA) is 113 Å². The first-order valence-corrected chi connectivity index (χ1v) is 15.9. The number of aliphatic hydroxyl groups is 2. The van der Waals surface area contributed by atoms with Crippen molar-refractivity contribution in [2.24, 2.45) is 11.8 Å². The lowest BCUT2D eigenvalue weighted by molar-refractivity contribution is -0.186. The summed E-state index contributed by atoms with van der Waals surface area (Å²) < 4.78 is 12.6. The summed E-state index contributed by atoms with van der Waals surface area (Å²) in [6.07, 6.45) is 11.3. The molecule has 8 heteroatoms. The van der Waals surface area contributed by atoms with E-state index in [1.54, 1.807) is 17.9 Å². The van der Waals surface area contributed by atoms with Crippen molar-refractivity contribution in [3.63, 3.8) is 0 Å². The average molecular weight is 576 g/mol. The molecule has 2 fully saturated rings. The van der Waals surface area contributed by atoms with Crippen LogP contribution >= 0.6 is 0 Å². The normalized spacial score (nSPS) is 36.8. The third-order valence-electron chi connectivity index (χ3n) is 9.37. The van der Waals surface area contributed by atoms with Crippen molar-refractivity contribution in [3.8, 4) is 0 Å². The Balaban J connectivity index is 1.88. The summed E-state index contributed by atoms with van der Waals surface area (Å²) in [6.45, 7) is 9.92. The maximum atomic E-state index is 13.7. The molecule has 0 spiro atoms. The molecule has 3 rings (SSSR count). The van der Waals surface area contributed by atoms with Crippen LogP contribution in [0.25, 0.3) is 0 Å². The van der Waals surface area contributed by atoms with E-state index < -0.39 is 29.8 Å². The van der Waals surface area contributed by atoms with Gasteiger partial charge in [-0.3, -0.25) is 9.59 Å². The van der Waals surface area contributed by atoms with E-state index in [-0.39, 0.29) is 42.2 Å². The van der Waals surface area contributed by atoms with Crippen LogP contribution in [0.1, 0.15) is 112 Å². The van der Waals surface area contributed by atoms with Gasteiger partial charge >= 0.3 is 5.97 Å². The maximum absolute atomic E-state index is 13.7. The fraction of sp³-hybridized carbons (Fsp3) is 0.788. The number of ether oxygens (including phenoxy) is 2. The van der Waals surface area contributed by atoms with E-state index in [1.807, 2.05) is 26.8 Å². The Morgan fingerprint density at radius 2 is 1.80 bits per heavy atom. The van der Waals surface area contributed by atoms with Crippen molar-refractivity contribution in [2.45, 2.75) is 148 Å². The van der Waals surface area contributed by atoms with Gasteiger partial charge in [0.25, 0.3) is 0 Å². The minimum Gasteiger partial charge on any atom is -0.455 e. The molecule has 2 bridgehead atoms. The van der Waals surface area contributed by atoms with Crippen LogP contribution in [0, 0.1) is 11.8 Å². The molecule has 3 aliphatic rings. The van der Waals surface area contributed by atoms with Gasteiger partial charge in [0, 0.05) is 18.9 Å². The van der Waals surface area contributed by atoms with Gasteiger partial charge in [-0.2, -0.15) is 0 Å². The molecule has 3 aliphatic heterocycles. The lowest BCUT2D eigenvalue weighted by atomic mass is 9.82. The first-order valence-electron chi connectivity index (χ1n) is 15.9. The molecule has 2 N–H and O–H groups in total. The van der Waals surface area contributed by atoms with Crippen LogP contribution < -0.4 is 0 Å².